The molecular formula is C43H55N2+. The Labute approximate surface area is 273 Å². The number of benzene rings is 2. The van der Waals surface area contributed by atoms with Crippen LogP contribution in [0.1, 0.15) is 96.6 Å². The Morgan fingerprint density at radius 3 is 1.91 bits per heavy atom. The van der Waals surface area contributed by atoms with Crippen molar-refractivity contribution in [2.45, 2.75) is 96.3 Å². The Morgan fingerprint density at radius 1 is 0.733 bits per heavy atom. The first kappa shape index (κ1) is 31.6. The predicted molar refractivity (Wildman–Crippen MR) is 194 cm³/mol. The number of unbranched alkanes of at least 4 members (excludes halogenated alkanes) is 2. The molecule has 2 aliphatic heterocycles. The fraction of sp³-hybridized carbons (Fsp3) is 0.465. The average Bonchev–Trinajstić information content (AvgIpc) is 3.83. The summed E-state index contributed by atoms with van der Waals surface area (Å²) in [5.41, 5.74) is 8.74. The lowest BCUT2D eigenvalue weighted by molar-refractivity contribution is -0.401. The highest BCUT2D eigenvalue weighted by Crippen LogP contribution is 2.52. The third kappa shape index (κ3) is 6.35. The molecular weight excluding hydrogens is 544 g/mol. The van der Waals surface area contributed by atoms with Crippen LogP contribution in [0.4, 0.5) is 11.4 Å². The molecule has 2 aromatic rings. The van der Waals surface area contributed by atoms with Gasteiger partial charge in [0.2, 0.25) is 5.69 Å². The van der Waals surface area contributed by atoms with Crippen LogP contribution in [0.15, 0.2) is 109 Å². The van der Waals surface area contributed by atoms with Crippen molar-refractivity contribution < 1.29 is 4.58 Å². The molecule has 0 saturated carbocycles. The van der Waals surface area contributed by atoms with Gasteiger partial charge in [-0.05, 0) is 75.3 Å². The summed E-state index contributed by atoms with van der Waals surface area (Å²) in [6.07, 6.45) is 32.0. The highest BCUT2D eigenvalue weighted by atomic mass is 15.2. The van der Waals surface area contributed by atoms with E-state index in [1.54, 1.807) is 0 Å². The van der Waals surface area contributed by atoms with Crippen molar-refractivity contribution in [3.63, 3.8) is 0 Å². The third-order valence-electron chi connectivity index (χ3n) is 11.2. The Bertz CT molecular complexity index is 1520. The van der Waals surface area contributed by atoms with Gasteiger partial charge in [0, 0.05) is 41.1 Å². The fourth-order valence-electron chi connectivity index (χ4n) is 8.45. The van der Waals surface area contributed by atoms with E-state index in [4.69, 9.17) is 0 Å². The summed E-state index contributed by atoms with van der Waals surface area (Å²) in [5.74, 6) is 1.90. The molecule has 2 aliphatic carbocycles. The topological polar surface area (TPSA) is 6.25 Å². The van der Waals surface area contributed by atoms with Crippen LogP contribution in [0.2, 0.25) is 0 Å². The minimum absolute atomic E-state index is 0.0136. The van der Waals surface area contributed by atoms with Crippen molar-refractivity contribution in [2.75, 3.05) is 18.5 Å². The van der Waals surface area contributed by atoms with Gasteiger partial charge in [-0.3, -0.25) is 0 Å². The lowest BCUT2D eigenvalue weighted by Gasteiger charge is -2.32. The normalized spacial score (nSPS) is 24.8. The van der Waals surface area contributed by atoms with Crippen LogP contribution >= 0.6 is 0 Å². The number of rotatable bonds is 14. The van der Waals surface area contributed by atoms with Gasteiger partial charge in [0.25, 0.3) is 0 Å². The van der Waals surface area contributed by atoms with Crippen LogP contribution < -0.4 is 4.90 Å². The smallest absolute Gasteiger partial charge is 0.209 e. The van der Waals surface area contributed by atoms with E-state index in [0.29, 0.717) is 17.8 Å². The minimum Gasteiger partial charge on any atom is -0.344 e. The quantitative estimate of drug-likeness (QED) is 0.155. The standard InChI is InChI=1S/C43H55N2/c1-33(2)28-31-45-39-27-13-11-25-37(39)43(4,30-17-15-23-35-20-8-9-21-35)41(45)32-40-42(3,29-16-14-22-34-18-6-7-19-34)36-24-10-12-26-38(36)44(40)5/h6-13,18-21,24-27,32-35H,14-17,22-23,28-31H2,1-5H3/q+1. The molecule has 0 radical (unpaired) electrons. The maximum Gasteiger partial charge on any atom is 0.209 e. The molecule has 0 amide bonds. The molecule has 2 aromatic carbocycles. The van der Waals surface area contributed by atoms with E-state index in [2.05, 4.69) is 147 Å². The highest BCUT2D eigenvalue weighted by Gasteiger charge is 2.49. The second kappa shape index (κ2) is 13.5. The third-order valence-corrected chi connectivity index (χ3v) is 11.2. The molecule has 6 rings (SSSR count). The van der Waals surface area contributed by atoms with Gasteiger partial charge in [0.15, 0.2) is 5.71 Å². The molecule has 2 nitrogen and oxygen atoms in total. The molecule has 45 heavy (non-hydrogen) atoms. The van der Waals surface area contributed by atoms with Crippen LogP contribution in [-0.2, 0) is 10.8 Å². The van der Waals surface area contributed by atoms with Gasteiger partial charge < -0.3 is 4.90 Å². The van der Waals surface area contributed by atoms with E-state index in [0.717, 1.165) is 6.54 Å². The molecule has 2 heterocycles. The van der Waals surface area contributed by atoms with Crippen LogP contribution in [0, 0.1) is 17.8 Å². The molecule has 2 unspecified atom stereocenters. The summed E-state index contributed by atoms with van der Waals surface area (Å²) in [6.45, 7) is 10.9. The summed E-state index contributed by atoms with van der Waals surface area (Å²) in [7, 11) is 2.31. The largest absolute Gasteiger partial charge is 0.344 e. The molecule has 0 spiro atoms. The zero-order chi connectivity index (χ0) is 31.4. The molecule has 0 fully saturated rings. The Hall–Kier alpha value is -3.39. The summed E-state index contributed by atoms with van der Waals surface area (Å²) >= 11 is 0. The number of nitrogens with zero attached hydrogens (tertiary/aromatic N) is 2. The Balaban J connectivity index is 1.35. The van der Waals surface area contributed by atoms with Crippen LogP contribution in [0.5, 0.6) is 0 Å². The number of allylic oxidation sites excluding steroid dienone is 10. The second-order valence-electron chi connectivity index (χ2n) is 14.9. The van der Waals surface area contributed by atoms with Crippen molar-refractivity contribution in [1.82, 2.24) is 0 Å². The van der Waals surface area contributed by atoms with E-state index in [-0.39, 0.29) is 10.8 Å². The first-order valence-corrected chi connectivity index (χ1v) is 17.8. The Morgan fingerprint density at radius 2 is 1.29 bits per heavy atom. The van der Waals surface area contributed by atoms with Gasteiger partial charge in [0.1, 0.15) is 7.05 Å². The van der Waals surface area contributed by atoms with E-state index in [1.807, 2.05) is 0 Å². The van der Waals surface area contributed by atoms with Crippen LogP contribution in [-0.4, -0.2) is 23.9 Å². The molecule has 0 N–H and O–H groups in total. The fourth-order valence-corrected chi connectivity index (χ4v) is 8.45. The van der Waals surface area contributed by atoms with Crippen molar-refractivity contribution in [2.24, 2.45) is 17.8 Å². The summed E-state index contributed by atoms with van der Waals surface area (Å²) < 4.78 is 2.52. The monoisotopic (exact) mass is 599 g/mol. The van der Waals surface area contributed by atoms with Gasteiger partial charge in [-0.25, -0.2) is 0 Å². The first-order chi connectivity index (χ1) is 21.8. The van der Waals surface area contributed by atoms with E-state index in [1.165, 1.54) is 91.7 Å². The maximum absolute atomic E-state index is 2.71. The van der Waals surface area contributed by atoms with Crippen molar-refractivity contribution in [1.29, 1.82) is 0 Å². The number of para-hydroxylation sites is 2. The van der Waals surface area contributed by atoms with E-state index >= 15 is 0 Å². The zero-order valence-electron chi connectivity index (χ0n) is 28.5. The molecule has 2 atom stereocenters. The predicted octanol–water partition coefficient (Wildman–Crippen LogP) is 11.0. The van der Waals surface area contributed by atoms with Crippen LogP contribution in [0.3, 0.4) is 0 Å². The van der Waals surface area contributed by atoms with Crippen molar-refractivity contribution in [3.8, 4) is 0 Å². The van der Waals surface area contributed by atoms with Gasteiger partial charge in [0.05, 0.1) is 5.41 Å². The van der Waals surface area contributed by atoms with Gasteiger partial charge >= 0.3 is 0 Å². The van der Waals surface area contributed by atoms with E-state index < -0.39 is 0 Å². The molecule has 4 aliphatic rings. The maximum atomic E-state index is 2.71. The SMILES string of the molecule is CC(C)CCN1C(=CC2=[N+](C)c3ccccc3C2(C)CCCCC2C=CC=C2)C(C)(CCCCC2C=CC=C2)c2ccccc21. The van der Waals surface area contributed by atoms with Gasteiger partial charge in [-0.15, -0.1) is 0 Å². The summed E-state index contributed by atoms with van der Waals surface area (Å²) in [6, 6.07) is 18.5. The molecule has 236 valence electrons. The van der Waals surface area contributed by atoms with Crippen molar-refractivity contribution >= 4 is 17.1 Å². The highest BCUT2D eigenvalue weighted by molar-refractivity contribution is 6.04. The lowest BCUT2D eigenvalue weighted by atomic mass is 9.72. The number of fused-ring (bicyclic) bond motifs is 2. The minimum atomic E-state index is -0.0143. The summed E-state index contributed by atoms with van der Waals surface area (Å²) in [4.78, 5) is 2.71. The number of hydrogen-bond donors (Lipinski definition) is 0. The zero-order valence-corrected chi connectivity index (χ0v) is 28.5. The Kier molecular flexibility index (Phi) is 9.50. The number of anilines is 1. The van der Waals surface area contributed by atoms with E-state index in [9.17, 15) is 0 Å². The molecule has 0 bridgehead atoms. The second-order valence-corrected chi connectivity index (χ2v) is 14.9. The lowest BCUT2D eigenvalue weighted by Crippen LogP contribution is -2.35. The number of hydrogen-bond acceptors (Lipinski definition) is 1. The van der Waals surface area contributed by atoms with Gasteiger partial charge in [-0.1, -0.05) is 125 Å². The van der Waals surface area contributed by atoms with Gasteiger partial charge in [-0.2, -0.15) is 4.58 Å². The molecule has 0 saturated heterocycles. The summed E-state index contributed by atoms with van der Waals surface area (Å²) in [5, 5.41) is 0. The van der Waals surface area contributed by atoms with Crippen LogP contribution in [0.25, 0.3) is 0 Å². The molecule has 0 aromatic heterocycles. The first-order valence-electron chi connectivity index (χ1n) is 17.8. The van der Waals surface area contributed by atoms with Crippen molar-refractivity contribution in [3.05, 3.63) is 120 Å². The molecule has 2 heteroatoms. The average molecular weight is 600 g/mol.